The van der Waals surface area contributed by atoms with E-state index in [1.165, 1.54) is 6.08 Å². The summed E-state index contributed by atoms with van der Waals surface area (Å²) in [6, 6.07) is 15.4. The first-order valence-corrected chi connectivity index (χ1v) is 11.4. The minimum absolute atomic E-state index is 0.263. The molecule has 3 aromatic carbocycles. The standard InChI is InChI=1S/C25H20Br2N2O3/c1-14-8-15(2)10-17(9-14)25-29-21-13-19(5-6-22(21)32-25)28-23(30)7-4-16-11-18(26)12-20(27)24(16)31-3/h4-13H,1-3H3,(H,28,30)/b7-4+. The molecular formula is C25H20Br2N2O3. The second-order valence-corrected chi connectivity index (χ2v) is 9.18. The van der Waals surface area contributed by atoms with Crippen molar-refractivity contribution in [3.8, 4) is 17.2 Å². The van der Waals surface area contributed by atoms with E-state index >= 15 is 0 Å². The Kier molecular flexibility index (Phi) is 6.48. The van der Waals surface area contributed by atoms with Crippen molar-refractivity contribution in [1.29, 1.82) is 0 Å². The molecule has 5 nitrogen and oxygen atoms in total. The predicted molar refractivity (Wildman–Crippen MR) is 135 cm³/mol. The molecule has 7 heteroatoms. The van der Waals surface area contributed by atoms with Crippen molar-refractivity contribution in [3.05, 3.63) is 80.2 Å². The van der Waals surface area contributed by atoms with Crippen LogP contribution in [-0.2, 0) is 4.79 Å². The maximum absolute atomic E-state index is 12.5. The molecule has 1 heterocycles. The molecule has 0 radical (unpaired) electrons. The van der Waals surface area contributed by atoms with Crippen LogP contribution in [0.25, 0.3) is 28.6 Å². The summed E-state index contributed by atoms with van der Waals surface area (Å²) in [5.41, 5.74) is 5.98. The summed E-state index contributed by atoms with van der Waals surface area (Å²) < 4.78 is 13.0. The van der Waals surface area contributed by atoms with Crippen LogP contribution in [0.1, 0.15) is 16.7 Å². The first-order chi connectivity index (χ1) is 15.3. The van der Waals surface area contributed by atoms with Crippen LogP contribution in [0.3, 0.4) is 0 Å². The van der Waals surface area contributed by atoms with E-state index in [1.807, 2.05) is 44.2 Å². The lowest BCUT2D eigenvalue weighted by atomic mass is 10.1. The molecule has 1 N–H and O–H groups in total. The number of aryl methyl sites for hydroxylation is 2. The van der Waals surface area contributed by atoms with Gasteiger partial charge in [-0.15, -0.1) is 0 Å². The van der Waals surface area contributed by atoms with Crippen LogP contribution in [0.5, 0.6) is 5.75 Å². The molecule has 0 fully saturated rings. The van der Waals surface area contributed by atoms with Crippen LogP contribution in [0, 0.1) is 13.8 Å². The summed E-state index contributed by atoms with van der Waals surface area (Å²) in [4.78, 5) is 17.1. The number of methoxy groups -OCH3 is 1. The zero-order valence-corrected chi connectivity index (χ0v) is 20.9. The van der Waals surface area contributed by atoms with Crippen molar-refractivity contribution in [3.63, 3.8) is 0 Å². The number of carbonyl (C=O) groups is 1. The van der Waals surface area contributed by atoms with E-state index in [0.717, 1.165) is 31.2 Å². The molecule has 0 aliphatic carbocycles. The fourth-order valence-electron chi connectivity index (χ4n) is 3.50. The Morgan fingerprint density at radius 1 is 1.06 bits per heavy atom. The summed E-state index contributed by atoms with van der Waals surface area (Å²) in [5, 5.41) is 2.87. The molecule has 32 heavy (non-hydrogen) atoms. The number of aromatic nitrogens is 1. The minimum Gasteiger partial charge on any atom is -0.495 e. The van der Waals surface area contributed by atoms with Gasteiger partial charge in [0.1, 0.15) is 11.3 Å². The number of hydrogen-bond donors (Lipinski definition) is 1. The molecule has 1 aromatic heterocycles. The summed E-state index contributed by atoms with van der Waals surface area (Å²) in [7, 11) is 1.59. The maximum Gasteiger partial charge on any atom is 0.248 e. The number of fused-ring (bicyclic) bond motifs is 1. The Morgan fingerprint density at radius 3 is 2.53 bits per heavy atom. The lowest BCUT2D eigenvalue weighted by molar-refractivity contribution is -0.111. The van der Waals surface area contributed by atoms with Crippen molar-refractivity contribution in [2.45, 2.75) is 13.8 Å². The number of nitrogens with one attached hydrogen (secondary N) is 1. The van der Waals surface area contributed by atoms with Gasteiger partial charge in [-0.25, -0.2) is 4.98 Å². The number of amides is 1. The topological polar surface area (TPSA) is 64.4 Å². The third-order valence-electron chi connectivity index (χ3n) is 4.78. The largest absolute Gasteiger partial charge is 0.495 e. The molecule has 0 saturated carbocycles. The second kappa shape index (κ2) is 9.30. The van der Waals surface area contributed by atoms with E-state index in [1.54, 1.807) is 25.3 Å². The maximum atomic E-state index is 12.5. The number of nitrogens with zero attached hydrogens (tertiary/aromatic N) is 1. The molecule has 0 bridgehead atoms. The highest BCUT2D eigenvalue weighted by molar-refractivity contribution is 9.11. The summed E-state index contributed by atoms with van der Waals surface area (Å²) in [6.07, 6.45) is 3.17. The van der Waals surface area contributed by atoms with E-state index in [0.29, 0.717) is 28.4 Å². The first-order valence-electron chi connectivity index (χ1n) is 9.84. The van der Waals surface area contributed by atoms with Crippen molar-refractivity contribution in [2.24, 2.45) is 0 Å². The van der Waals surface area contributed by atoms with Crippen molar-refractivity contribution >= 4 is 60.6 Å². The molecule has 0 spiro atoms. The number of ether oxygens (including phenoxy) is 1. The van der Waals surface area contributed by atoms with E-state index in [4.69, 9.17) is 9.15 Å². The van der Waals surface area contributed by atoms with Crippen LogP contribution < -0.4 is 10.1 Å². The van der Waals surface area contributed by atoms with Gasteiger partial charge in [0.25, 0.3) is 0 Å². The number of anilines is 1. The first kappa shape index (κ1) is 22.3. The fourth-order valence-corrected chi connectivity index (χ4v) is 4.92. The molecule has 4 rings (SSSR count). The molecule has 0 aliphatic rings. The number of carbonyl (C=O) groups excluding carboxylic acids is 1. The van der Waals surface area contributed by atoms with Gasteiger partial charge >= 0.3 is 0 Å². The summed E-state index contributed by atoms with van der Waals surface area (Å²) in [6.45, 7) is 4.09. The Balaban J connectivity index is 1.54. The zero-order valence-electron chi connectivity index (χ0n) is 17.7. The van der Waals surface area contributed by atoms with Gasteiger partial charge in [0.15, 0.2) is 5.58 Å². The van der Waals surface area contributed by atoms with Crippen molar-refractivity contribution in [1.82, 2.24) is 4.98 Å². The molecule has 1 amide bonds. The SMILES string of the molecule is COc1c(Br)cc(Br)cc1/C=C/C(=O)Nc1ccc2oc(-c3cc(C)cc(C)c3)nc2c1. The molecular weight excluding hydrogens is 536 g/mol. The highest BCUT2D eigenvalue weighted by Gasteiger charge is 2.11. The van der Waals surface area contributed by atoms with E-state index < -0.39 is 0 Å². The Morgan fingerprint density at radius 2 is 1.81 bits per heavy atom. The number of rotatable bonds is 5. The number of benzene rings is 3. The predicted octanol–water partition coefficient (Wildman–Crippen LogP) is 7.30. The van der Waals surface area contributed by atoms with Crippen molar-refractivity contribution in [2.75, 3.05) is 12.4 Å². The quantitative estimate of drug-likeness (QED) is 0.262. The van der Waals surface area contributed by atoms with Gasteiger partial charge in [-0.2, -0.15) is 0 Å². The minimum atomic E-state index is -0.263. The number of halogens is 2. The summed E-state index contributed by atoms with van der Waals surface area (Å²) >= 11 is 6.91. The Bertz CT molecular complexity index is 1340. The number of hydrogen-bond acceptors (Lipinski definition) is 4. The van der Waals surface area contributed by atoms with Gasteiger partial charge in [-0.3, -0.25) is 4.79 Å². The zero-order chi connectivity index (χ0) is 22.8. The third kappa shape index (κ3) is 4.95. The van der Waals surface area contributed by atoms with Crippen molar-refractivity contribution < 1.29 is 13.9 Å². The van der Waals surface area contributed by atoms with Gasteiger partial charge in [0.05, 0.1) is 11.6 Å². The van der Waals surface area contributed by atoms with Gasteiger partial charge < -0.3 is 14.5 Å². The number of oxazole rings is 1. The second-order valence-electron chi connectivity index (χ2n) is 7.41. The van der Waals surface area contributed by atoms with Gasteiger partial charge in [-0.05, 0) is 78.3 Å². The average Bonchev–Trinajstić information content (AvgIpc) is 3.15. The van der Waals surface area contributed by atoms with Crippen LogP contribution in [0.15, 0.2) is 68.0 Å². The van der Waals surface area contributed by atoms with Gasteiger partial charge in [0.2, 0.25) is 11.8 Å². The highest BCUT2D eigenvalue weighted by Crippen LogP contribution is 2.33. The third-order valence-corrected chi connectivity index (χ3v) is 5.83. The van der Waals surface area contributed by atoms with E-state index in [-0.39, 0.29) is 5.91 Å². The fraction of sp³-hybridized carbons (Fsp3) is 0.120. The van der Waals surface area contributed by atoms with Crippen LogP contribution in [-0.4, -0.2) is 18.0 Å². The smallest absolute Gasteiger partial charge is 0.248 e. The summed E-state index contributed by atoms with van der Waals surface area (Å²) in [5.74, 6) is 0.947. The molecule has 162 valence electrons. The van der Waals surface area contributed by atoms with Crippen LogP contribution >= 0.6 is 31.9 Å². The van der Waals surface area contributed by atoms with Gasteiger partial charge in [0, 0.05) is 27.4 Å². The molecule has 4 aromatic rings. The molecule has 0 saturated heterocycles. The molecule has 0 unspecified atom stereocenters. The van der Waals surface area contributed by atoms with E-state index in [9.17, 15) is 4.79 Å². The van der Waals surface area contributed by atoms with Crippen LogP contribution in [0.4, 0.5) is 5.69 Å². The average molecular weight is 556 g/mol. The lowest BCUT2D eigenvalue weighted by Gasteiger charge is -2.08. The van der Waals surface area contributed by atoms with Gasteiger partial charge in [-0.1, -0.05) is 33.1 Å². The van der Waals surface area contributed by atoms with Crippen LogP contribution in [0.2, 0.25) is 0 Å². The lowest BCUT2D eigenvalue weighted by Crippen LogP contribution is -2.07. The molecule has 0 aliphatic heterocycles. The normalized spacial score (nSPS) is 11.3. The molecule has 0 atom stereocenters. The monoisotopic (exact) mass is 554 g/mol. The highest BCUT2D eigenvalue weighted by atomic mass is 79.9. The Labute approximate surface area is 202 Å². The Hall–Kier alpha value is -2.90. The van der Waals surface area contributed by atoms with E-state index in [2.05, 4.69) is 48.2 Å².